The molecule has 3 heteroatoms. The van der Waals surface area contributed by atoms with Crippen LogP contribution in [0.5, 0.6) is 0 Å². The van der Waals surface area contributed by atoms with Crippen molar-refractivity contribution in [2.75, 3.05) is 14.1 Å². The first-order chi connectivity index (χ1) is 6.74. The van der Waals surface area contributed by atoms with Gasteiger partial charge in [-0.15, -0.1) is 0 Å². The summed E-state index contributed by atoms with van der Waals surface area (Å²) in [5, 5.41) is 0. The Morgan fingerprint density at radius 3 is 2.43 bits per heavy atom. The highest BCUT2D eigenvalue weighted by molar-refractivity contribution is 5.87. The van der Waals surface area contributed by atoms with Crippen LogP contribution in [0.15, 0.2) is 33.8 Å². The lowest BCUT2D eigenvalue weighted by Crippen LogP contribution is -1.89. The molecule has 0 rings (SSSR count). The van der Waals surface area contributed by atoms with Gasteiger partial charge < -0.3 is 4.79 Å². The average molecular weight is 192 g/mol. The van der Waals surface area contributed by atoms with Gasteiger partial charge in [-0.3, -0.25) is 9.98 Å². The molecule has 0 amide bonds. The van der Waals surface area contributed by atoms with Gasteiger partial charge in [0.2, 0.25) is 0 Å². The second-order valence-corrected chi connectivity index (χ2v) is 2.77. The van der Waals surface area contributed by atoms with Crippen molar-refractivity contribution < 1.29 is 4.79 Å². The highest BCUT2D eigenvalue weighted by atomic mass is 16.1. The standard InChI is InChI=1S/C11H16N2O/c1-10(8-12-2)7-11(9-13-3)5-4-6-14/h6-9H,1,4-5H2,2-3H3/b11-7+,12-8+,13-9+. The van der Waals surface area contributed by atoms with Gasteiger partial charge in [0.1, 0.15) is 6.29 Å². The Morgan fingerprint density at radius 1 is 1.29 bits per heavy atom. The van der Waals surface area contributed by atoms with Gasteiger partial charge in [0.15, 0.2) is 0 Å². The molecule has 0 aromatic heterocycles. The summed E-state index contributed by atoms with van der Waals surface area (Å²) in [6.07, 6.45) is 7.38. The van der Waals surface area contributed by atoms with Crippen LogP contribution in [0.25, 0.3) is 0 Å². The minimum absolute atomic E-state index is 0.508. The average Bonchev–Trinajstić information content (AvgIpc) is 2.15. The highest BCUT2D eigenvalue weighted by Crippen LogP contribution is 2.04. The predicted molar refractivity (Wildman–Crippen MR) is 61.4 cm³/mol. The number of carbonyl (C=O) groups excluding carboxylic acids is 1. The van der Waals surface area contributed by atoms with Gasteiger partial charge in [0.25, 0.3) is 0 Å². The second-order valence-electron chi connectivity index (χ2n) is 2.77. The van der Waals surface area contributed by atoms with E-state index in [9.17, 15) is 4.79 Å². The summed E-state index contributed by atoms with van der Waals surface area (Å²) in [6.45, 7) is 3.80. The molecule has 0 saturated carbocycles. The number of hydrogen-bond acceptors (Lipinski definition) is 3. The molecule has 0 aliphatic heterocycles. The highest BCUT2D eigenvalue weighted by Gasteiger charge is 1.93. The maximum absolute atomic E-state index is 10.2. The third-order valence-corrected chi connectivity index (χ3v) is 1.51. The van der Waals surface area contributed by atoms with Gasteiger partial charge >= 0.3 is 0 Å². The van der Waals surface area contributed by atoms with E-state index in [1.54, 1.807) is 26.5 Å². The third kappa shape index (κ3) is 6.06. The molecule has 0 radical (unpaired) electrons. The van der Waals surface area contributed by atoms with E-state index in [4.69, 9.17) is 0 Å². The largest absolute Gasteiger partial charge is 0.303 e. The molecular weight excluding hydrogens is 176 g/mol. The van der Waals surface area contributed by atoms with Crippen molar-refractivity contribution in [2.45, 2.75) is 12.8 Å². The van der Waals surface area contributed by atoms with Crippen LogP contribution in [0, 0.1) is 0 Å². The smallest absolute Gasteiger partial charge is 0.120 e. The molecule has 0 unspecified atom stereocenters. The number of allylic oxidation sites excluding steroid dienone is 3. The van der Waals surface area contributed by atoms with Crippen LogP contribution < -0.4 is 0 Å². The minimum Gasteiger partial charge on any atom is -0.303 e. The maximum atomic E-state index is 10.2. The van der Waals surface area contributed by atoms with E-state index in [0.29, 0.717) is 12.8 Å². The summed E-state index contributed by atoms with van der Waals surface area (Å²) < 4.78 is 0. The molecule has 0 aliphatic carbocycles. The van der Waals surface area contributed by atoms with E-state index in [2.05, 4.69) is 16.6 Å². The van der Waals surface area contributed by atoms with Crippen molar-refractivity contribution >= 4 is 18.7 Å². The molecule has 0 N–H and O–H groups in total. The van der Waals surface area contributed by atoms with E-state index in [1.807, 2.05) is 6.08 Å². The van der Waals surface area contributed by atoms with Crippen molar-refractivity contribution in [3.63, 3.8) is 0 Å². The van der Waals surface area contributed by atoms with Gasteiger partial charge in [-0.25, -0.2) is 0 Å². The Balaban J connectivity index is 4.45. The first-order valence-corrected chi connectivity index (χ1v) is 4.42. The molecule has 76 valence electrons. The van der Waals surface area contributed by atoms with E-state index < -0.39 is 0 Å². The molecule has 0 aromatic carbocycles. The van der Waals surface area contributed by atoms with Crippen LogP contribution >= 0.6 is 0 Å². The van der Waals surface area contributed by atoms with E-state index in [0.717, 1.165) is 17.4 Å². The van der Waals surface area contributed by atoms with Crippen LogP contribution in [0.1, 0.15) is 12.8 Å². The van der Waals surface area contributed by atoms with Crippen LogP contribution in [0.4, 0.5) is 0 Å². The molecule has 14 heavy (non-hydrogen) atoms. The molecule has 0 aromatic rings. The quantitative estimate of drug-likeness (QED) is 0.360. The summed E-state index contributed by atoms with van der Waals surface area (Å²) in [5.41, 5.74) is 1.80. The fourth-order valence-corrected chi connectivity index (χ4v) is 1.01. The predicted octanol–water partition coefficient (Wildman–Crippen LogP) is 1.85. The molecule has 0 saturated heterocycles. The zero-order valence-corrected chi connectivity index (χ0v) is 8.73. The fourth-order valence-electron chi connectivity index (χ4n) is 1.01. The van der Waals surface area contributed by atoms with Crippen LogP contribution in [0.3, 0.4) is 0 Å². The van der Waals surface area contributed by atoms with Crippen molar-refractivity contribution in [1.29, 1.82) is 0 Å². The normalized spacial score (nSPS) is 12.6. The molecule has 0 bridgehead atoms. The summed E-state index contributed by atoms with van der Waals surface area (Å²) >= 11 is 0. The van der Waals surface area contributed by atoms with Crippen molar-refractivity contribution in [3.05, 3.63) is 23.8 Å². The third-order valence-electron chi connectivity index (χ3n) is 1.51. The number of aliphatic imine (C=N–C) groups is 2. The van der Waals surface area contributed by atoms with Crippen molar-refractivity contribution in [3.8, 4) is 0 Å². The Labute approximate surface area is 85.0 Å². The van der Waals surface area contributed by atoms with Crippen LogP contribution in [-0.4, -0.2) is 32.8 Å². The summed E-state index contributed by atoms with van der Waals surface area (Å²) in [5.74, 6) is 0. The lowest BCUT2D eigenvalue weighted by atomic mass is 10.1. The Hall–Kier alpha value is -1.51. The molecule has 0 spiro atoms. The summed E-state index contributed by atoms with van der Waals surface area (Å²) in [7, 11) is 3.39. The Kier molecular flexibility index (Phi) is 7.23. The molecule has 0 heterocycles. The van der Waals surface area contributed by atoms with E-state index in [1.165, 1.54) is 0 Å². The van der Waals surface area contributed by atoms with E-state index in [-0.39, 0.29) is 0 Å². The molecule has 0 fully saturated rings. The van der Waals surface area contributed by atoms with Crippen LogP contribution in [0.2, 0.25) is 0 Å². The van der Waals surface area contributed by atoms with Gasteiger partial charge in [-0.05, 0) is 23.6 Å². The molecule has 0 atom stereocenters. The lowest BCUT2D eigenvalue weighted by molar-refractivity contribution is -0.107. The Morgan fingerprint density at radius 2 is 1.93 bits per heavy atom. The molecule has 0 aliphatic rings. The first kappa shape index (κ1) is 12.5. The zero-order chi connectivity index (χ0) is 10.8. The second kappa shape index (κ2) is 8.10. The summed E-state index contributed by atoms with van der Waals surface area (Å²) in [6, 6.07) is 0. The lowest BCUT2D eigenvalue weighted by Gasteiger charge is -1.97. The monoisotopic (exact) mass is 192 g/mol. The minimum atomic E-state index is 0.508. The van der Waals surface area contributed by atoms with Crippen molar-refractivity contribution in [1.82, 2.24) is 0 Å². The number of nitrogens with zero attached hydrogens (tertiary/aromatic N) is 2. The molecular formula is C11H16N2O. The van der Waals surface area contributed by atoms with Crippen molar-refractivity contribution in [2.24, 2.45) is 9.98 Å². The first-order valence-electron chi connectivity index (χ1n) is 4.42. The van der Waals surface area contributed by atoms with Gasteiger partial charge in [0, 0.05) is 32.9 Å². The zero-order valence-electron chi connectivity index (χ0n) is 8.73. The topological polar surface area (TPSA) is 41.8 Å². The van der Waals surface area contributed by atoms with Gasteiger partial charge in [0.05, 0.1) is 0 Å². The number of carbonyl (C=O) groups is 1. The van der Waals surface area contributed by atoms with Crippen LogP contribution in [-0.2, 0) is 4.79 Å². The number of aldehydes is 1. The van der Waals surface area contributed by atoms with E-state index >= 15 is 0 Å². The summed E-state index contributed by atoms with van der Waals surface area (Å²) in [4.78, 5) is 18.0. The Bertz CT molecular complexity index is 275. The fraction of sp³-hybridized carbons (Fsp3) is 0.364. The number of hydrogen-bond donors (Lipinski definition) is 0. The van der Waals surface area contributed by atoms with Gasteiger partial charge in [-0.2, -0.15) is 0 Å². The van der Waals surface area contributed by atoms with Gasteiger partial charge in [-0.1, -0.05) is 6.58 Å². The molecule has 3 nitrogen and oxygen atoms in total. The SMILES string of the molecule is C=C(/C=N/C)/C=C(/C=N/C)CCC=O. The number of rotatable bonds is 6. The maximum Gasteiger partial charge on any atom is 0.120 e.